The summed E-state index contributed by atoms with van der Waals surface area (Å²) in [5.74, 6) is 0.917. The van der Waals surface area contributed by atoms with Crippen molar-refractivity contribution in [1.29, 1.82) is 0 Å². The Kier molecular flexibility index (Phi) is 5.01. The van der Waals surface area contributed by atoms with Gasteiger partial charge in [-0.05, 0) is 25.8 Å². The number of benzene rings is 1. The molecule has 0 atom stereocenters. The summed E-state index contributed by atoms with van der Waals surface area (Å²) in [5, 5.41) is 0. The lowest BCUT2D eigenvalue weighted by Crippen LogP contribution is -2.36. The van der Waals surface area contributed by atoms with Crippen LogP contribution in [0.4, 0.5) is 0 Å². The molecule has 0 saturated heterocycles. The third-order valence-electron chi connectivity index (χ3n) is 3.28. The van der Waals surface area contributed by atoms with E-state index < -0.39 is 0 Å². The second kappa shape index (κ2) is 6.06. The Morgan fingerprint density at radius 2 is 1.76 bits per heavy atom. The minimum Gasteiger partial charge on any atom is -0.496 e. The molecule has 1 aromatic carbocycles. The standard InChI is InChI=1S/C15H25NO/c1-5-9-15(16,10-6-2)13-11-12(3)7-8-14(13)17-4/h7-8,11H,5-6,9-10,16H2,1-4H3. The molecule has 0 heterocycles. The fourth-order valence-electron chi connectivity index (χ4n) is 2.50. The number of aryl methyl sites for hydroxylation is 1. The van der Waals surface area contributed by atoms with Crippen LogP contribution in [-0.4, -0.2) is 7.11 Å². The van der Waals surface area contributed by atoms with Crippen LogP contribution in [0.15, 0.2) is 18.2 Å². The van der Waals surface area contributed by atoms with Gasteiger partial charge in [0.05, 0.1) is 7.11 Å². The lowest BCUT2D eigenvalue weighted by Gasteiger charge is -2.31. The van der Waals surface area contributed by atoms with E-state index in [2.05, 4.69) is 32.9 Å². The molecule has 0 aromatic heterocycles. The van der Waals surface area contributed by atoms with Crippen LogP contribution in [0.2, 0.25) is 0 Å². The van der Waals surface area contributed by atoms with E-state index in [9.17, 15) is 0 Å². The number of rotatable bonds is 6. The SMILES string of the molecule is CCCC(N)(CCC)c1cc(C)ccc1OC. The number of hydrogen-bond acceptors (Lipinski definition) is 2. The van der Waals surface area contributed by atoms with Gasteiger partial charge in [-0.3, -0.25) is 0 Å². The topological polar surface area (TPSA) is 35.2 Å². The lowest BCUT2D eigenvalue weighted by molar-refractivity contribution is 0.339. The first-order valence-corrected chi connectivity index (χ1v) is 6.51. The van der Waals surface area contributed by atoms with Gasteiger partial charge >= 0.3 is 0 Å². The van der Waals surface area contributed by atoms with E-state index in [1.54, 1.807) is 7.11 Å². The molecule has 0 radical (unpaired) electrons. The van der Waals surface area contributed by atoms with Crippen LogP contribution in [0.5, 0.6) is 5.75 Å². The Morgan fingerprint density at radius 1 is 1.18 bits per heavy atom. The predicted octanol–water partition coefficient (Wildman–Crippen LogP) is 3.76. The molecule has 0 spiro atoms. The lowest BCUT2D eigenvalue weighted by atomic mass is 9.81. The summed E-state index contributed by atoms with van der Waals surface area (Å²) in [5.41, 5.74) is 8.75. The van der Waals surface area contributed by atoms with Gasteiger partial charge in [0, 0.05) is 11.1 Å². The summed E-state index contributed by atoms with van der Waals surface area (Å²) < 4.78 is 5.46. The molecular formula is C15H25NO. The molecule has 2 heteroatoms. The number of hydrogen-bond donors (Lipinski definition) is 1. The summed E-state index contributed by atoms with van der Waals surface area (Å²) >= 11 is 0. The zero-order valence-corrected chi connectivity index (χ0v) is 11.5. The van der Waals surface area contributed by atoms with Crippen molar-refractivity contribution in [1.82, 2.24) is 0 Å². The number of nitrogens with two attached hydrogens (primary N) is 1. The Hall–Kier alpha value is -1.02. The molecule has 2 N–H and O–H groups in total. The van der Waals surface area contributed by atoms with Crippen LogP contribution in [0, 0.1) is 6.92 Å². The van der Waals surface area contributed by atoms with Crippen LogP contribution in [0.1, 0.15) is 50.7 Å². The highest BCUT2D eigenvalue weighted by Gasteiger charge is 2.28. The van der Waals surface area contributed by atoms with Gasteiger partial charge in [-0.1, -0.05) is 44.4 Å². The maximum absolute atomic E-state index is 6.61. The van der Waals surface area contributed by atoms with Crippen molar-refractivity contribution in [2.45, 2.75) is 52.0 Å². The number of methoxy groups -OCH3 is 1. The highest BCUT2D eigenvalue weighted by molar-refractivity contribution is 5.41. The molecule has 0 saturated carbocycles. The minimum absolute atomic E-state index is 0.249. The molecule has 0 fully saturated rings. The summed E-state index contributed by atoms with van der Waals surface area (Å²) in [6.07, 6.45) is 4.18. The van der Waals surface area contributed by atoms with E-state index in [1.807, 2.05) is 6.07 Å². The molecule has 0 amide bonds. The van der Waals surface area contributed by atoms with Crippen LogP contribution in [-0.2, 0) is 5.54 Å². The largest absolute Gasteiger partial charge is 0.496 e. The summed E-state index contributed by atoms with van der Waals surface area (Å²) in [6, 6.07) is 6.27. The fourth-order valence-corrected chi connectivity index (χ4v) is 2.50. The monoisotopic (exact) mass is 235 g/mol. The third-order valence-corrected chi connectivity index (χ3v) is 3.28. The Balaban J connectivity index is 3.20. The average molecular weight is 235 g/mol. The number of ether oxygens (including phenoxy) is 1. The summed E-state index contributed by atoms with van der Waals surface area (Å²) in [4.78, 5) is 0. The van der Waals surface area contributed by atoms with Gasteiger partial charge in [0.15, 0.2) is 0 Å². The van der Waals surface area contributed by atoms with E-state index >= 15 is 0 Å². The van der Waals surface area contributed by atoms with Gasteiger partial charge in [-0.2, -0.15) is 0 Å². The minimum atomic E-state index is -0.249. The normalized spacial score (nSPS) is 11.6. The predicted molar refractivity (Wildman–Crippen MR) is 73.4 cm³/mol. The Morgan fingerprint density at radius 3 is 2.24 bits per heavy atom. The molecule has 2 nitrogen and oxygen atoms in total. The van der Waals surface area contributed by atoms with E-state index in [1.165, 1.54) is 5.56 Å². The van der Waals surface area contributed by atoms with Crippen LogP contribution in [0.3, 0.4) is 0 Å². The first-order valence-electron chi connectivity index (χ1n) is 6.51. The summed E-state index contributed by atoms with van der Waals surface area (Å²) in [7, 11) is 1.71. The van der Waals surface area contributed by atoms with Gasteiger partial charge in [0.2, 0.25) is 0 Å². The molecule has 0 bridgehead atoms. The molecule has 0 unspecified atom stereocenters. The molecule has 0 aliphatic rings. The summed E-state index contributed by atoms with van der Waals surface area (Å²) in [6.45, 7) is 6.46. The van der Waals surface area contributed by atoms with E-state index in [-0.39, 0.29) is 5.54 Å². The van der Waals surface area contributed by atoms with Gasteiger partial charge < -0.3 is 10.5 Å². The molecule has 1 aromatic rings. The zero-order chi connectivity index (χ0) is 12.9. The molecule has 17 heavy (non-hydrogen) atoms. The van der Waals surface area contributed by atoms with Crippen molar-refractivity contribution in [2.24, 2.45) is 5.73 Å². The van der Waals surface area contributed by atoms with Crippen molar-refractivity contribution in [3.8, 4) is 5.75 Å². The smallest absolute Gasteiger partial charge is 0.123 e. The fraction of sp³-hybridized carbons (Fsp3) is 0.600. The maximum Gasteiger partial charge on any atom is 0.123 e. The Bertz CT molecular complexity index is 354. The van der Waals surface area contributed by atoms with E-state index in [0.29, 0.717) is 0 Å². The van der Waals surface area contributed by atoms with Crippen molar-refractivity contribution in [2.75, 3.05) is 7.11 Å². The maximum atomic E-state index is 6.61. The molecule has 1 rings (SSSR count). The highest BCUT2D eigenvalue weighted by Crippen LogP contribution is 2.35. The first kappa shape index (κ1) is 14.0. The third kappa shape index (κ3) is 3.22. The zero-order valence-electron chi connectivity index (χ0n) is 11.5. The van der Waals surface area contributed by atoms with Crippen molar-refractivity contribution in [3.05, 3.63) is 29.3 Å². The Labute approximate surface area is 105 Å². The van der Waals surface area contributed by atoms with Crippen molar-refractivity contribution >= 4 is 0 Å². The molecule has 0 aliphatic carbocycles. The van der Waals surface area contributed by atoms with Crippen molar-refractivity contribution in [3.63, 3.8) is 0 Å². The van der Waals surface area contributed by atoms with E-state index in [4.69, 9.17) is 10.5 Å². The van der Waals surface area contributed by atoms with Gasteiger partial charge in [-0.25, -0.2) is 0 Å². The first-order chi connectivity index (χ1) is 8.07. The second-order valence-corrected chi connectivity index (χ2v) is 4.86. The second-order valence-electron chi connectivity index (χ2n) is 4.86. The van der Waals surface area contributed by atoms with Crippen LogP contribution in [0.25, 0.3) is 0 Å². The quantitative estimate of drug-likeness (QED) is 0.815. The van der Waals surface area contributed by atoms with Crippen LogP contribution >= 0.6 is 0 Å². The molecular weight excluding hydrogens is 210 g/mol. The molecule has 0 aliphatic heterocycles. The van der Waals surface area contributed by atoms with Gasteiger partial charge in [0.1, 0.15) is 5.75 Å². The average Bonchev–Trinajstić information content (AvgIpc) is 2.29. The van der Waals surface area contributed by atoms with Gasteiger partial charge in [0.25, 0.3) is 0 Å². The van der Waals surface area contributed by atoms with Crippen molar-refractivity contribution < 1.29 is 4.74 Å². The van der Waals surface area contributed by atoms with E-state index in [0.717, 1.165) is 37.0 Å². The molecule has 96 valence electrons. The highest BCUT2D eigenvalue weighted by atomic mass is 16.5. The van der Waals surface area contributed by atoms with Gasteiger partial charge in [-0.15, -0.1) is 0 Å². The van der Waals surface area contributed by atoms with Crippen LogP contribution < -0.4 is 10.5 Å².